The van der Waals surface area contributed by atoms with Gasteiger partial charge in [-0.3, -0.25) is 9.11 Å². The summed E-state index contributed by atoms with van der Waals surface area (Å²) in [6.45, 7) is 3.62. The molecule has 0 radical (unpaired) electrons. The van der Waals surface area contributed by atoms with E-state index in [1.165, 1.54) is 6.07 Å². The summed E-state index contributed by atoms with van der Waals surface area (Å²) >= 11 is 0. The van der Waals surface area contributed by atoms with Crippen LogP contribution in [0.4, 0.5) is 0 Å². The van der Waals surface area contributed by atoms with Crippen LogP contribution in [0.3, 0.4) is 0 Å². The normalized spacial score (nSPS) is 20.3. The monoisotopic (exact) mass is 255 g/mol. The van der Waals surface area contributed by atoms with Crippen LogP contribution in [0.15, 0.2) is 18.2 Å². The number of phenolic OH excluding ortho intramolecular Hbond substituents is 2. The Kier molecular flexibility index (Phi) is 3.69. The molecule has 1 aromatic rings. The van der Waals surface area contributed by atoms with Crippen molar-refractivity contribution in [2.45, 2.75) is 13.0 Å². The quantitative estimate of drug-likeness (QED) is 0.834. The third-order valence-corrected chi connectivity index (χ3v) is 4.44. The molecule has 5 heteroatoms. The summed E-state index contributed by atoms with van der Waals surface area (Å²) in [7, 11) is -0.683. The van der Waals surface area contributed by atoms with Crippen molar-refractivity contribution < 1.29 is 14.4 Å². The van der Waals surface area contributed by atoms with Crippen molar-refractivity contribution in [3.8, 4) is 11.5 Å². The second-order valence-corrected chi connectivity index (χ2v) is 6.04. The minimum Gasteiger partial charge on any atom is -0.508 e. The fourth-order valence-corrected chi connectivity index (χ4v) is 3.19. The first kappa shape index (κ1) is 12.4. The molecule has 1 atom stereocenters. The zero-order valence-corrected chi connectivity index (χ0v) is 10.6. The smallest absolute Gasteiger partial charge is 0.119 e. The van der Waals surface area contributed by atoms with Crippen molar-refractivity contribution >= 4 is 10.8 Å². The van der Waals surface area contributed by atoms with E-state index in [0.29, 0.717) is 11.5 Å². The molecule has 0 saturated carbocycles. The van der Waals surface area contributed by atoms with Crippen molar-refractivity contribution in [3.63, 3.8) is 0 Å². The molecule has 0 aromatic heterocycles. The number of aromatic hydroxyl groups is 2. The fourth-order valence-electron chi connectivity index (χ4n) is 2.11. The van der Waals surface area contributed by atoms with Gasteiger partial charge in [0.25, 0.3) is 0 Å². The second kappa shape index (κ2) is 5.06. The predicted molar refractivity (Wildman–Crippen MR) is 67.6 cm³/mol. The number of benzene rings is 1. The van der Waals surface area contributed by atoms with Crippen molar-refractivity contribution in [2.75, 3.05) is 24.6 Å². The van der Waals surface area contributed by atoms with E-state index in [1.807, 2.05) is 6.92 Å². The Balaban J connectivity index is 2.13. The standard InChI is InChI=1S/C12H17NO3S/c1-9(13-2-4-17(16)5-3-13)10-6-11(14)8-12(15)7-10/h6-9,14-15H,2-5H2,1H3. The molecule has 1 aliphatic rings. The summed E-state index contributed by atoms with van der Waals surface area (Å²) in [5.74, 6) is 1.56. The van der Waals surface area contributed by atoms with E-state index in [-0.39, 0.29) is 17.5 Å². The molecule has 1 heterocycles. The minimum absolute atomic E-state index is 0.0763. The highest BCUT2D eigenvalue weighted by molar-refractivity contribution is 7.85. The van der Waals surface area contributed by atoms with Crippen molar-refractivity contribution in [1.82, 2.24) is 4.90 Å². The van der Waals surface area contributed by atoms with Crippen LogP contribution < -0.4 is 0 Å². The summed E-state index contributed by atoms with van der Waals surface area (Å²) < 4.78 is 11.3. The number of nitrogens with zero attached hydrogens (tertiary/aromatic N) is 1. The van der Waals surface area contributed by atoms with Gasteiger partial charge >= 0.3 is 0 Å². The van der Waals surface area contributed by atoms with E-state index < -0.39 is 10.8 Å². The molecule has 1 unspecified atom stereocenters. The molecule has 4 nitrogen and oxygen atoms in total. The largest absolute Gasteiger partial charge is 0.508 e. The van der Waals surface area contributed by atoms with E-state index in [4.69, 9.17) is 0 Å². The minimum atomic E-state index is -0.683. The lowest BCUT2D eigenvalue weighted by Gasteiger charge is -2.32. The van der Waals surface area contributed by atoms with E-state index in [0.717, 1.165) is 18.7 Å². The first-order valence-electron chi connectivity index (χ1n) is 5.68. The molecule has 0 spiro atoms. The van der Waals surface area contributed by atoms with Gasteiger partial charge in [-0.15, -0.1) is 0 Å². The predicted octanol–water partition coefficient (Wildman–Crippen LogP) is 1.22. The van der Waals surface area contributed by atoms with Gasteiger partial charge in [-0.2, -0.15) is 0 Å². The first-order valence-corrected chi connectivity index (χ1v) is 7.17. The van der Waals surface area contributed by atoms with Crippen molar-refractivity contribution in [3.05, 3.63) is 23.8 Å². The third-order valence-electron chi connectivity index (χ3n) is 3.17. The average Bonchev–Trinajstić information content (AvgIpc) is 2.28. The van der Waals surface area contributed by atoms with E-state index >= 15 is 0 Å². The zero-order chi connectivity index (χ0) is 12.4. The van der Waals surface area contributed by atoms with Crippen LogP contribution >= 0.6 is 0 Å². The Hall–Kier alpha value is -1.07. The van der Waals surface area contributed by atoms with Gasteiger partial charge in [0.05, 0.1) is 0 Å². The lowest BCUT2D eigenvalue weighted by molar-refractivity contribution is 0.230. The number of phenols is 2. The third kappa shape index (κ3) is 2.98. The maximum absolute atomic E-state index is 11.3. The van der Waals surface area contributed by atoms with Crippen LogP contribution in [0.2, 0.25) is 0 Å². The molecule has 0 bridgehead atoms. The Bertz CT molecular complexity index is 406. The van der Waals surface area contributed by atoms with E-state index in [1.54, 1.807) is 12.1 Å². The van der Waals surface area contributed by atoms with Gasteiger partial charge in [-0.1, -0.05) is 0 Å². The van der Waals surface area contributed by atoms with Gasteiger partial charge in [0.2, 0.25) is 0 Å². The lowest BCUT2D eigenvalue weighted by Crippen LogP contribution is -2.39. The van der Waals surface area contributed by atoms with E-state index in [2.05, 4.69) is 4.90 Å². The fraction of sp³-hybridized carbons (Fsp3) is 0.500. The highest BCUT2D eigenvalue weighted by Gasteiger charge is 2.21. The Morgan fingerprint density at radius 1 is 1.18 bits per heavy atom. The Morgan fingerprint density at radius 2 is 1.71 bits per heavy atom. The summed E-state index contributed by atoms with van der Waals surface area (Å²) in [5, 5.41) is 18.9. The van der Waals surface area contributed by atoms with Gasteiger partial charge in [0.15, 0.2) is 0 Å². The molecule has 1 aliphatic heterocycles. The maximum atomic E-state index is 11.3. The van der Waals surface area contributed by atoms with Gasteiger partial charge < -0.3 is 10.2 Å². The molecule has 2 rings (SSSR count). The van der Waals surface area contributed by atoms with E-state index in [9.17, 15) is 14.4 Å². The Morgan fingerprint density at radius 3 is 2.24 bits per heavy atom. The van der Waals surface area contributed by atoms with Crippen LogP contribution in [0.5, 0.6) is 11.5 Å². The van der Waals surface area contributed by atoms with Crippen molar-refractivity contribution in [1.29, 1.82) is 0 Å². The van der Waals surface area contributed by atoms with Crippen LogP contribution in [0.25, 0.3) is 0 Å². The molecular weight excluding hydrogens is 238 g/mol. The summed E-state index contributed by atoms with van der Waals surface area (Å²) in [4.78, 5) is 2.22. The van der Waals surface area contributed by atoms with Crippen LogP contribution in [-0.2, 0) is 10.8 Å². The number of hydrogen-bond acceptors (Lipinski definition) is 4. The average molecular weight is 255 g/mol. The molecule has 17 heavy (non-hydrogen) atoms. The van der Waals surface area contributed by atoms with Gasteiger partial charge in [0.1, 0.15) is 11.5 Å². The summed E-state index contributed by atoms with van der Waals surface area (Å²) in [5.41, 5.74) is 0.884. The highest BCUT2D eigenvalue weighted by atomic mass is 32.2. The second-order valence-electron chi connectivity index (χ2n) is 4.34. The zero-order valence-electron chi connectivity index (χ0n) is 9.80. The number of rotatable bonds is 2. The summed E-state index contributed by atoms with van der Waals surface area (Å²) in [6.07, 6.45) is 0. The molecule has 1 saturated heterocycles. The molecule has 0 amide bonds. The first-order chi connectivity index (χ1) is 8.06. The maximum Gasteiger partial charge on any atom is 0.119 e. The van der Waals surface area contributed by atoms with Crippen LogP contribution in [0.1, 0.15) is 18.5 Å². The lowest BCUT2D eigenvalue weighted by atomic mass is 10.1. The Labute approximate surface area is 103 Å². The number of hydrogen-bond donors (Lipinski definition) is 2. The summed E-state index contributed by atoms with van der Waals surface area (Å²) in [6, 6.07) is 4.76. The van der Waals surface area contributed by atoms with Crippen LogP contribution in [-0.4, -0.2) is 43.9 Å². The molecule has 1 fully saturated rings. The molecular formula is C12H17NO3S. The molecule has 2 N–H and O–H groups in total. The molecule has 1 aromatic carbocycles. The van der Waals surface area contributed by atoms with Gasteiger partial charge in [-0.25, -0.2) is 0 Å². The molecule has 94 valence electrons. The SMILES string of the molecule is CC(c1cc(O)cc(O)c1)N1CCS(=O)CC1. The molecule has 0 aliphatic carbocycles. The van der Waals surface area contributed by atoms with Crippen molar-refractivity contribution in [2.24, 2.45) is 0 Å². The van der Waals surface area contributed by atoms with Gasteiger partial charge in [0, 0.05) is 47.5 Å². The highest BCUT2D eigenvalue weighted by Crippen LogP contribution is 2.28. The van der Waals surface area contributed by atoms with Gasteiger partial charge in [-0.05, 0) is 24.6 Å². The van der Waals surface area contributed by atoms with Crippen LogP contribution in [0, 0.1) is 0 Å². The topological polar surface area (TPSA) is 60.8 Å².